The molecule has 3 rings (SSSR count). The monoisotopic (exact) mass is 311 g/mol. The molecule has 1 aliphatic carbocycles. The van der Waals surface area contributed by atoms with E-state index in [9.17, 15) is 14.9 Å². The third-order valence-corrected chi connectivity index (χ3v) is 5.46. The molecule has 0 aromatic heterocycles. The van der Waals surface area contributed by atoms with Gasteiger partial charge in [0.25, 0.3) is 0 Å². The van der Waals surface area contributed by atoms with Crippen molar-refractivity contribution in [2.45, 2.75) is 57.2 Å². The van der Waals surface area contributed by atoms with Crippen LogP contribution in [0.3, 0.4) is 0 Å². The van der Waals surface area contributed by atoms with Crippen molar-refractivity contribution < 1.29 is 14.3 Å². The van der Waals surface area contributed by atoms with Gasteiger partial charge in [0.2, 0.25) is 0 Å². The Hall–Kier alpha value is -1.99. The van der Waals surface area contributed by atoms with Gasteiger partial charge in [-0.2, -0.15) is 5.26 Å². The van der Waals surface area contributed by atoms with Crippen molar-refractivity contribution in [2.75, 3.05) is 0 Å². The maximum absolute atomic E-state index is 12.4. The molecule has 1 aromatic carbocycles. The van der Waals surface area contributed by atoms with Crippen LogP contribution < -0.4 is 0 Å². The number of ketones is 2. The SMILES string of the molecule is CC12CCC(CC(=O)c3ccccc3)OC1(C#N)CCCC2=O. The first-order valence-corrected chi connectivity index (χ1v) is 8.21. The summed E-state index contributed by atoms with van der Waals surface area (Å²) in [5.74, 6) is 0.146. The number of nitrogens with zero attached hydrogens (tertiary/aromatic N) is 1. The van der Waals surface area contributed by atoms with Gasteiger partial charge in [0.05, 0.1) is 17.6 Å². The summed E-state index contributed by atoms with van der Waals surface area (Å²) in [6.45, 7) is 1.85. The van der Waals surface area contributed by atoms with Crippen molar-refractivity contribution in [3.8, 4) is 6.07 Å². The number of rotatable bonds is 3. The average molecular weight is 311 g/mol. The molecule has 4 heteroatoms. The van der Waals surface area contributed by atoms with E-state index in [1.54, 1.807) is 12.1 Å². The van der Waals surface area contributed by atoms with Gasteiger partial charge in [0, 0.05) is 18.4 Å². The second-order valence-corrected chi connectivity index (χ2v) is 6.82. The summed E-state index contributed by atoms with van der Waals surface area (Å²) in [5.41, 5.74) is -1.13. The number of Topliss-reactive ketones (excluding diaryl/α,β-unsaturated/α-hetero) is 2. The molecular formula is C19H21NO3. The molecule has 3 unspecified atom stereocenters. The fraction of sp³-hybridized carbons (Fsp3) is 0.526. The van der Waals surface area contributed by atoms with Gasteiger partial charge in [-0.15, -0.1) is 0 Å². The molecule has 0 spiro atoms. The molecule has 2 fully saturated rings. The Morgan fingerprint density at radius 3 is 2.78 bits per heavy atom. The highest BCUT2D eigenvalue weighted by atomic mass is 16.5. The fourth-order valence-electron chi connectivity index (χ4n) is 3.90. The minimum atomic E-state index is -1.07. The minimum Gasteiger partial charge on any atom is -0.355 e. The van der Waals surface area contributed by atoms with Crippen LogP contribution in [0.25, 0.3) is 0 Å². The average Bonchev–Trinajstić information content (AvgIpc) is 2.57. The number of fused-ring (bicyclic) bond motifs is 1. The van der Waals surface area contributed by atoms with Gasteiger partial charge < -0.3 is 4.74 Å². The summed E-state index contributed by atoms with van der Waals surface area (Å²) in [6, 6.07) is 11.4. The van der Waals surface area contributed by atoms with Crippen LogP contribution in [0.1, 0.15) is 55.8 Å². The van der Waals surface area contributed by atoms with Gasteiger partial charge in [-0.1, -0.05) is 30.3 Å². The molecule has 0 radical (unpaired) electrons. The molecule has 1 heterocycles. The van der Waals surface area contributed by atoms with Crippen molar-refractivity contribution >= 4 is 11.6 Å². The Bertz CT molecular complexity index is 663. The molecule has 0 N–H and O–H groups in total. The Kier molecular flexibility index (Phi) is 4.08. The van der Waals surface area contributed by atoms with Gasteiger partial charge in [-0.05, 0) is 32.6 Å². The molecule has 120 valence electrons. The normalized spacial score (nSPS) is 33.6. The first-order chi connectivity index (χ1) is 11.0. The zero-order valence-electron chi connectivity index (χ0n) is 13.4. The van der Waals surface area contributed by atoms with Crippen LogP contribution in [-0.4, -0.2) is 23.3 Å². The van der Waals surface area contributed by atoms with Gasteiger partial charge in [0.1, 0.15) is 5.78 Å². The van der Waals surface area contributed by atoms with Crippen LogP contribution in [0.15, 0.2) is 30.3 Å². The van der Waals surface area contributed by atoms with E-state index in [2.05, 4.69) is 6.07 Å². The van der Waals surface area contributed by atoms with Crippen molar-refractivity contribution in [2.24, 2.45) is 5.41 Å². The first kappa shape index (κ1) is 15.9. The van der Waals surface area contributed by atoms with Gasteiger partial charge in [-0.3, -0.25) is 9.59 Å². The van der Waals surface area contributed by atoms with Crippen LogP contribution in [0, 0.1) is 16.7 Å². The summed E-state index contributed by atoms with van der Waals surface area (Å²) >= 11 is 0. The molecule has 3 atom stereocenters. The lowest BCUT2D eigenvalue weighted by Gasteiger charge is -2.51. The van der Waals surface area contributed by atoms with E-state index in [0.29, 0.717) is 37.7 Å². The zero-order chi connectivity index (χ0) is 16.5. The van der Waals surface area contributed by atoms with E-state index in [1.165, 1.54) is 0 Å². The summed E-state index contributed by atoms with van der Waals surface area (Å²) < 4.78 is 6.09. The third-order valence-electron chi connectivity index (χ3n) is 5.46. The van der Waals surface area contributed by atoms with Crippen LogP contribution >= 0.6 is 0 Å². The molecule has 1 saturated heterocycles. The predicted molar refractivity (Wildman–Crippen MR) is 84.8 cm³/mol. The van der Waals surface area contributed by atoms with Crippen molar-refractivity contribution in [1.29, 1.82) is 5.26 Å². The lowest BCUT2D eigenvalue weighted by Crippen LogP contribution is -2.59. The molecule has 0 bridgehead atoms. The summed E-state index contributed by atoms with van der Waals surface area (Å²) in [5, 5.41) is 9.72. The molecule has 2 aliphatic rings. The third kappa shape index (κ3) is 2.60. The molecule has 4 nitrogen and oxygen atoms in total. The quantitative estimate of drug-likeness (QED) is 0.802. The highest BCUT2D eigenvalue weighted by Crippen LogP contribution is 2.51. The fourth-order valence-corrected chi connectivity index (χ4v) is 3.90. The second kappa shape index (κ2) is 5.90. The highest BCUT2D eigenvalue weighted by molar-refractivity contribution is 5.96. The zero-order valence-corrected chi connectivity index (χ0v) is 13.4. The Morgan fingerprint density at radius 1 is 1.35 bits per heavy atom. The van der Waals surface area contributed by atoms with Crippen LogP contribution in [0.4, 0.5) is 0 Å². The van der Waals surface area contributed by atoms with E-state index in [4.69, 9.17) is 4.74 Å². The standard InChI is InChI=1S/C19H21NO3/c1-18-11-9-15(12-16(21)14-6-3-2-4-7-14)23-19(18,13-20)10-5-8-17(18)22/h2-4,6-7,15H,5,8-12H2,1H3. The predicted octanol–water partition coefficient (Wildman–Crippen LogP) is 3.46. The van der Waals surface area contributed by atoms with Gasteiger partial charge in [-0.25, -0.2) is 0 Å². The number of benzene rings is 1. The van der Waals surface area contributed by atoms with Crippen molar-refractivity contribution in [1.82, 2.24) is 0 Å². The molecule has 23 heavy (non-hydrogen) atoms. The largest absolute Gasteiger partial charge is 0.355 e. The number of ether oxygens (including phenoxy) is 1. The van der Waals surface area contributed by atoms with E-state index >= 15 is 0 Å². The van der Waals surface area contributed by atoms with E-state index in [0.717, 1.165) is 0 Å². The number of carbonyl (C=O) groups excluding carboxylic acids is 2. The van der Waals surface area contributed by atoms with Crippen LogP contribution in [0.2, 0.25) is 0 Å². The minimum absolute atomic E-state index is 0.0226. The number of carbonyl (C=O) groups is 2. The number of hydrogen-bond acceptors (Lipinski definition) is 4. The first-order valence-electron chi connectivity index (χ1n) is 8.21. The molecule has 0 amide bonds. The van der Waals surface area contributed by atoms with E-state index < -0.39 is 11.0 Å². The summed E-state index contributed by atoms with van der Waals surface area (Å²) in [7, 11) is 0. The van der Waals surface area contributed by atoms with Crippen molar-refractivity contribution in [3.63, 3.8) is 0 Å². The maximum Gasteiger partial charge on any atom is 0.166 e. The van der Waals surface area contributed by atoms with Crippen molar-refractivity contribution in [3.05, 3.63) is 35.9 Å². The number of hydrogen-bond donors (Lipinski definition) is 0. The summed E-state index contributed by atoms with van der Waals surface area (Å²) in [4.78, 5) is 24.7. The maximum atomic E-state index is 12.4. The molecular weight excluding hydrogens is 290 g/mol. The van der Waals surface area contributed by atoms with Gasteiger partial charge >= 0.3 is 0 Å². The molecule has 1 saturated carbocycles. The van der Waals surface area contributed by atoms with E-state index in [-0.39, 0.29) is 24.1 Å². The van der Waals surface area contributed by atoms with E-state index in [1.807, 2.05) is 25.1 Å². The van der Waals surface area contributed by atoms with Crippen LogP contribution in [-0.2, 0) is 9.53 Å². The smallest absolute Gasteiger partial charge is 0.166 e. The summed E-state index contributed by atoms with van der Waals surface area (Å²) in [6.07, 6.45) is 3.01. The lowest BCUT2D eigenvalue weighted by atomic mass is 9.60. The second-order valence-electron chi connectivity index (χ2n) is 6.82. The molecule has 1 aromatic rings. The Labute approximate surface area is 136 Å². The van der Waals surface area contributed by atoms with Gasteiger partial charge in [0.15, 0.2) is 11.4 Å². The lowest BCUT2D eigenvalue weighted by molar-refractivity contribution is -0.189. The Balaban J connectivity index is 1.77. The van der Waals surface area contributed by atoms with Crippen LogP contribution in [0.5, 0.6) is 0 Å². The number of nitriles is 1. The highest BCUT2D eigenvalue weighted by Gasteiger charge is 2.59. The topological polar surface area (TPSA) is 67.2 Å². The molecule has 1 aliphatic heterocycles. The Morgan fingerprint density at radius 2 is 2.09 bits per heavy atom.